The number of thiazole rings is 1. The van der Waals surface area contributed by atoms with E-state index >= 15 is 0 Å². The molecule has 1 N–H and O–H groups in total. The van der Waals surface area contributed by atoms with Crippen LogP contribution < -0.4 is 4.90 Å². The first-order valence-corrected chi connectivity index (χ1v) is 7.71. The molecule has 0 saturated carbocycles. The van der Waals surface area contributed by atoms with Crippen molar-refractivity contribution in [1.82, 2.24) is 9.88 Å². The number of carbonyl (C=O) groups is 3. The van der Waals surface area contributed by atoms with Gasteiger partial charge in [-0.1, -0.05) is 0 Å². The topological polar surface area (TPSA) is 90.8 Å². The second kappa shape index (κ2) is 5.53. The van der Waals surface area contributed by atoms with E-state index in [1.807, 2.05) is 4.90 Å². The molecule has 0 radical (unpaired) electrons. The molecule has 0 bridgehead atoms. The molecule has 2 amide bonds. The molecule has 8 heteroatoms. The molecule has 3 rings (SSSR count). The van der Waals surface area contributed by atoms with E-state index in [4.69, 9.17) is 5.11 Å². The second-order valence-corrected chi connectivity index (χ2v) is 6.06. The van der Waals surface area contributed by atoms with E-state index in [1.165, 1.54) is 0 Å². The van der Waals surface area contributed by atoms with Crippen LogP contribution in [0.25, 0.3) is 0 Å². The number of carboxylic acids is 1. The zero-order valence-electron chi connectivity index (χ0n) is 11.3. The van der Waals surface area contributed by atoms with Gasteiger partial charge >= 0.3 is 5.97 Å². The van der Waals surface area contributed by atoms with Crippen LogP contribution in [0, 0.1) is 0 Å². The number of hydrogen-bond acceptors (Lipinski definition) is 6. The van der Waals surface area contributed by atoms with Gasteiger partial charge in [0.15, 0.2) is 5.13 Å². The summed E-state index contributed by atoms with van der Waals surface area (Å²) in [4.78, 5) is 42.5. The lowest BCUT2D eigenvalue weighted by Crippen LogP contribution is -2.40. The molecule has 2 aliphatic rings. The lowest BCUT2D eigenvalue weighted by molar-refractivity contribution is -0.136. The second-order valence-electron chi connectivity index (χ2n) is 5.22. The van der Waals surface area contributed by atoms with E-state index in [-0.39, 0.29) is 35.8 Å². The molecule has 3 heterocycles. The normalized spacial score (nSPS) is 23.2. The highest BCUT2D eigenvalue weighted by Gasteiger charge is 2.44. The monoisotopic (exact) mass is 309 g/mol. The fourth-order valence-corrected chi connectivity index (χ4v) is 3.64. The molecule has 2 fully saturated rings. The number of anilines is 1. The zero-order chi connectivity index (χ0) is 15.0. The largest absolute Gasteiger partial charge is 0.481 e. The van der Waals surface area contributed by atoms with Crippen LogP contribution >= 0.6 is 11.3 Å². The highest BCUT2D eigenvalue weighted by atomic mass is 32.1. The van der Waals surface area contributed by atoms with Crippen LogP contribution in [-0.2, 0) is 20.8 Å². The predicted octanol–water partition coefficient (Wildman–Crippen LogP) is 0.498. The molecule has 2 saturated heterocycles. The molecule has 7 nitrogen and oxygen atoms in total. The standard InChI is InChI=1S/C13H15N3O4S/c17-10-6-9(15-3-1-2-4-15)12(20)16(10)13-14-8(7-21-13)5-11(18)19/h7,9H,1-6H2,(H,18,19). The van der Waals surface area contributed by atoms with Crippen molar-refractivity contribution in [2.45, 2.75) is 31.7 Å². The van der Waals surface area contributed by atoms with Crippen molar-refractivity contribution in [2.24, 2.45) is 0 Å². The van der Waals surface area contributed by atoms with Crippen molar-refractivity contribution < 1.29 is 19.5 Å². The van der Waals surface area contributed by atoms with Crippen molar-refractivity contribution in [1.29, 1.82) is 0 Å². The van der Waals surface area contributed by atoms with E-state index < -0.39 is 5.97 Å². The molecule has 1 atom stereocenters. The highest BCUT2D eigenvalue weighted by Crippen LogP contribution is 2.29. The van der Waals surface area contributed by atoms with Gasteiger partial charge in [0, 0.05) is 5.38 Å². The molecule has 1 aromatic heterocycles. The van der Waals surface area contributed by atoms with Crippen molar-refractivity contribution >= 4 is 34.3 Å². The number of amides is 2. The van der Waals surface area contributed by atoms with Gasteiger partial charge in [0.05, 0.1) is 24.6 Å². The van der Waals surface area contributed by atoms with Gasteiger partial charge in [-0.15, -0.1) is 11.3 Å². The summed E-state index contributed by atoms with van der Waals surface area (Å²) in [5.74, 6) is -1.48. The first-order valence-electron chi connectivity index (χ1n) is 6.83. The number of likely N-dealkylation sites (tertiary alicyclic amines) is 1. The predicted molar refractivity (Wildman–Crippen MR) is 75.2 cm³/mol. The first-order chi connectivity index (χ1) is 10.1. The van der Waals surface area contributed by atoms with Gasteiger partial charge < -0.3 is 5.11 Å². The van der Waals surface area contributed by atoms with Crippen LogP contribution in [-0.4, -0.2) is 51.9 Å². The minimum absolute atomic E-state index is 0.187. The molecule has 0 spiro atoms. The summed E-state index contributed by atoms with van der Waals surface area (Å²) in [7, 11) is 0. The molecule has 0 aliphatic carbocycles. The Balaban J connectivity index is 1.78. The van der Waals surface area contributed by atoms with Gasteiger partial charge in [-0.25, -0.2) is 9.88 Å². The number of rotatable bonds is 4. The van der Waals surface area contributed by atoms with Crippen molar-refractivity contribution in [2.75, 3.05) is 18.0 Å². The molecular weight excluding hydrogens is 294 g/mol. The third-order valence-corrected chi connectivity index (χ3v) is 4.64. The smallest absolute Gasteiger partial charge is 0.309 e. The average molecular weight is 309 g/mol. The maximum atomic E-state index is 12.4. The Morgan fingerprint density at radius 3 is 2.76 bits per heavy atom. The van der Waals surface area contributed by atoms with Crippen LogP contribution in [0.3, 0.4) is 0 Å². The summed E-state index contributed by atoms with van der Waals surface area (Å²) in [6, 6.07) is -0.383. The Bertz CT molecular complexity index is 594. The summed E-state index contributed by atoms with van der Waals surface area (Å²) in [5, 5.41) is 10.6. The number of carbonyl (C=O) groups excluding carboxylic acids is 2. The van der Waals surface area contributed by atoms with Gasteiger partial charge in [0.2, 0.25) is 5.91 Å². The van der Waals surface area contributed by atoms with E-state index in [2.05, 4.69) is 4.98 Å². The van der Waals surface area contributed by atoms with Gasteiger partial charge in [-0.3, -0.25) is 19.3 Å². The van der Waals surface area contributed by atoms with Crippen LogP contribution in [0.15, 0.2) is 5.38 Å². The number of aromatic nitrogens is 1. The fourth-order valence-electron chi connectivity index (χ4n) is 2.79. The molecule has 21 heavy (non-hydrogen) atoms. The third-order valence-electron chi connectivity index (χ3n) is 3.77. The summed E-state index contributed by atoms with van der Waals surface area (Å²) in [5.41, 5.74) is 0.368. The lowest BCUT2D eigenvalue weighted by Gasteiger charge is -2.20. The molecule has 1 aromatic rings. The molecule has 0 aromatic carbocycles. The van der Waals surface area contributed by atoms with Gasteiger partial charge in [0.1, 0.15) is 0 Å². The molecular formula is C13H15N3O4S. The van der Waals surface area contributed by atoms with E-state index in [0.717, 1.165) is 42.2 Å². The number of hydrogen-bond donors (Lipinski definition) is 1. The molecule has 2 aliphatic heterocycles. The molecule has 1 unspecified atom stereocenters. The zero-order valence-corrected chi connectivity index (χ0v) is 12.1. The number of nitrogens with zero attached hydrogens (tertiary/aromatic N) is 3. The van der Waals surface area contributed by atoms with Crippen LogP contribution in [0.1, 0.15) is 25.0 Å². The van der Waals surface area contributed by atoms with Crippen molar-refractivity contribution in [3.05, 3.63) is 11.1 Å². The summed E-state index contributed by atoms with van der Waals surface area (Å²) in [6.45, 7) is 1.69. The SMILES string of the molecule is O=C(O)Cc1csc(N2C(=O)CC(N3CCCC3)C2=O)n1. The Morgan fingerprint density at radius 2 is 2.10 bits per heavy atom. The van der Waals surface area contributed by atoms with E-state index in [1.54, 1.807) is 5.38 Å². The summed E-state index contributed by atoms with van der Waals surface area (Å²) < 4.78 is 0. The van der Waals surface area contributed by atoms with Gasteiger partial charge in [-0.2, -0.15) is 0 Å². The van der Waals surface area contributed by atoms with Crippen LogP contribution in [0.2, 0.25) is 0 Å². The van der Waals surface area contributed by atoms with E-state index in [9.17, 15) is 14.4 Å². The third kappa shape index (κ3) is 2.68. The van der Waals surface area contributed by atoms with Gasteiger partial charge in [0.25, 0.3) is 5.91 Å². The lowest BCUT2D eigenvalue weighted by atomic mass is 10.2. The average Bonchev–Trinajstić information content (AvgIpc) is 3.10. The van der Waals surface area contributed by atoms with Gasteiger partial charge in [-0.05, 0) is 25.9 Å². The van der Waals surface area contributed by atoms with Crippen LogP contribution in [0.4, 0.5) is 5.13 Å². The quantitative estimate of drug-likeness (QED) is 0.814. The summed E-state index contributed by atoms with van der Waals surface area (Å²) in [6.07, 6.45) is 2.09. The Morgan fingerprint density at radius 1 is 1.38 bits per heavy atom. The molecule has 112 valence electrons. The van der Waals surface area contributed by atoms with Crippen molar-refractivity contribution in [3.8, 4) is 0 Å². The number of aliphatic carboxylic acids is 1. The van der Waals surface area contributed by atoms with E-state index in [0.29, 0.717) is 5.69 Å². The van der Waals surface area contributed by atoms with Crippen LogP contribution in [0.5, 0.6) is 0 Å². The van der Waals surface area contributed by atoms with Crippen molar-refractivity contribution in [3.63, 3.8) is 0 Å². The minimum atomic E-state index is -0.985. The first kappa shape index (κ1) is 14.2. The Hall–Kier alpha value is -1.80. The number of imide groups is 1. The maximum absolute atomic E-state index is 12.4. The minimum Gasteiger partial charge on any atom is -0.481 e. The maximum Gasteiger partial charge on any atom is 0.309 e. The summed E-state index contributed by atoms with van der Waals surface area (Å²) >= 11 is 1.13. The Labute approximate surface area is 125 Å². The number of carboxylic acid groups (broad SMARTS) is 1. The fraction of sp³-hybridized carbons (Fsp3) is 0.538. The highest BCUT2D eigenvalue weighted by molar-refractivity contribution is 7.14. The Kier molecular flexibility index (Phi) is 3.73.